The number of amides is 1. The molecule has 1 unspecified atom stereocenters. The fraction of sp³-hybridized carbons (Fsp3) is 0.550. The van der Waals surface area contributed by atoms with E-state index in [1.807, 2.05) is 31.2 Å². The Hall–Kier alpha value is -1.92. The van der Waals surface area contributed by atoms with Gasteiger partial charge >= 0.3 is 0 Å². The second-order valence-electron chi connectivity index (χ2n) is 7.65. The van der Waals surface area contributed by atoms with Crippen LogP contribution in [0.2, 0.25) is 5.02 Å². The van der Waals surface area contributed by atoms with Crippen molar-refractivity contribution < 1.29 is 4.79 Å². The van der Waals surface area contributed by atoms with Gasteiger partial charge in [0.1, 0.15) is 0 Å². The van der Waals surface area contributed by atoms with Gasteiger partial charge in [0.25, 0.3) is 5.91 Å². The van der Waals surface area contributed by atoms with E-state index < -0.39 is 0 Å². The molecule has 1 saturated heterocycles. The Balaban J connectivity index is 1.64. The van der Waals surface area contributed by atoms with Crippen molar-refractivity contribution >= 4 is 17.5 Å². The molecule has 2 aromatic rings. The summed E-state index contributed by atoms with van der Waals surface area (Å²) >= 11 is 6.08. The Labute approximate surface area is 165 Å². The minimum Gasteiger partial charge on any atom is -0.350 e. The van der Waals surface area contributed by atoms with Gasteiger partial charge in [-0.05, 0) is 49.4 Å². The molecule has 7 heteroatoms. The molecule has 1 fully saturated rings. The lowest BCUT2D eigenvalue weighted by Gasteiger charge is -2.18. The van der Waals surface area contributed by atoms with Crippen LogP contribution in [0.15, 0.2) is 24.3 Å². The molecule has 1 N–H and O–H groups in total. The van der Waals surface area contributed by atoms with E-state index in [9.17, 15) is 4.79 Å². The summed E-state index contributed by atoms with van der Waals surface area (Å²) in [6, 6.07) is 7.40. The van der Waals surface area contributed by atoms with E-state index in [0.717, 1.165) is 37.4 Å². The fourth-order valence-electron chi connectivity index (χ4n) is 3.69. The zero-order valence-electron chi connectivity index (χ0n) is 16.3. The number of aromatic nitrogens is 3. The predicted octanol–water partition coefficient (Wildman–Crippen LogP) is 3.19. The lowest BCUT2D eigenvalue weighted by Crippen LogP contribution is -2.32. The molecule has 1 aliphatic heterocycles. The number of halogens is 1. The minimum atomic E-state index is -0.151. The molecule has 146 valence electrons. The van der Waals surface area contributed by atoms with Crippen molar-refractivity contribution in [3.63, 3.8) is 0 Å². The summed E-state index contributed by atoms with van der Waals surface area (Å²) < 4.78 is 1.70. The molecule has 1 aliphatic rings. The zero-order valence-corrected chi connectivity index (χ0v) is 17.0. The quantitative estimate of drug-likeness (QED) is 0.789. The van der Waals surface area contributed by atoms with Gasteiger partial charge in [0.05, 0.1) is 11.4 Å². The lowest BCUT2D eigenvalue weighted by molar-refractivity contribution is 0.0941. The van der Waals surface area contributed by atoms with Crippen molar-refractivity contribution in [2.45, 2.75) is 33.6 Å². The van der Waals surface area contributed by atoms with Crippen molar-refractivity contribution in [3.05, 3.63) is 40.7 Å². The average Bonchev–Trinajstić information content (AvgIpc) is 3.25. The van der Waals surface area contributed by atoms with Gasteiger partial charge in [-0.15, -0.1) is 5.10 Å². The molecule has 27 heavy (non-hydrogen) atoms. The van der Waals surface area contributed by atoms with E-state index >= 15 is 0 Å². The van der Waals surface area contributed by atoms with E-state index in [-0.39, 0.29) is 5.91 Å². The van der Waals surface area contributed by atoms with Crippen molar-refractivity contribution in [1.29, 1.82) is 0 Å². The number of nitrogens with zero attached hydrogens (tertiary/aromatic N) is 4. The van der Waals surface area contributed by atoms with E-state index in [1.165, 1.54) is 0 Å². The van der Waals surface area contributed by atoms with E-state index in [4.69, 9.17) is 11.6 Å². The molecular weight excluding hydrogens is 362 g/mol. The maximum atomic E-state index is 12.7. The normalized spacial score (nSPS) is 17.6. The highest BCUT2D eigenvalue weighted by molar-refractivity contribution is 6.30. The number of nitrogens with one attached hydrogen (secondary N) is 1. The predicted molar refractivity (Wildman–Crippen MR) is 107 cm³/mol. The number of rotatable bonds is 7. The molecule has 0 aliphatic carbocycles. The molecule has 1 aromatic heterocycles. The third-order valence-corrected chi connectivity index (χ3v) is 5.15. The Morgan fingerprint density at radius 3 is 2.93 bits per heavy atom. The Kier molecular flexibility index (Phi) is 6.50. The van der Waals surface area contributed by atoms with Crippen LogP contribution in [0.25, 0.3) is 5.69 Å². The standard InChI is InChI=1S/C20H28ClN5O/c1-4-18-19(23-24-26(18)17-7-5-6-16(21)10-17)20(27)22-11-15-8-9-25(13-15)12-14(2)3/h5-7,10,14-15H,4,8-9,11-13H2,1-3H3,(H,22,27). The zero-order chi connectivity index (χ0) is 19.4. The van der Waals surface area contributed by atoms with Gasteiger partial charge in [-0.1, -0.05) is 43.7 Å². The van der Waals surface area contributed by atoms with Gasteiger partial charge in [0, 0.05) is 24.7 Å². The highest BCUT2D eigenvalue weighted by Crippen LogP contribution is 2.19. The third kappa shape index (κ3) is 4.87. The fourth-order valence-corrected chi connectivity index (χ4v) is 3.88. The summed E-state index contributed by atoms with van der Waals surface area (Å²) in [6.45, 7) is 10.4. The number of hydrogen-bond acceptors (Lipinski definition) is 4. The van der Waals surface area contributed by atoms with Crippen LogP contribution in [0.3, 0.4) is 0 Å². The molecular formula is C20H28ClN5O. The smallest absolute Gasteiger partial charge is 0.273 e. The van der Waals surface area contributed by atoms with Crippen molar-refractivity contribution in [2.24, 2.45) is 11.8 Å². The van der Waals surface area contributed by atoms with E-state index in [1.54, 1.807) is 4.68 Å². The van der Waals surface area contributed by atoms with Crippen LogP contribution in [0, 0.1) is 11.8 Å². The third-order valence-electron chi connectivity index (χ3n) is 4.91. The first-order valence-electron chi connectivity index (χ1n) is 9.69. The highest BCUT2D eigenvalue weighted by atomic mass is 35.5. The van der Waals surface area contributed by atoms with Crippen molar-refractivity contribution in [1.82, 2.24) is 25.2 Å². The van der Waals surface area contributed by atoms with Gasteiger partial charge < -0.3 is 10.2 Å². The molecule has 1 aromatic carbocycles. The van der Waals surface area contributed by atoms with Crippen LogP contribution in [-0.4, -0.2) is 52.0 Å². The van der Waals surface area contributed by atoms with Gasteiger partial charge in [-0.25, -0.2) is 4.68 Å². The number of carbonyl (C=O) groups excluding carboxylic acids is 1. The number of hydrogen-bond donors (Lipinski definition) is 1. The Morgan fingerprint density at radius 2 is 2.22 bits per heavy atom. The topological polar surface area (TPSA) is 63.1 Å². The first-order chi connectivity index (χ1) is 13.0. The van der Waals surface area contributed by atoms with Crippen molar-refractivity contribution in [3.8, 4) is 5.69 Å². The monoisotopic (exact) mass is 389 g/mol. The molecule has 3 rings (SSSR count). The van der Waals surface area contributed by atoms with Gasteiger partial charge in [-0.3, -0.25) is 4.79 Å². The Morgan fingerprint density at radius 1 is 1.41 bits per heavy atom. The van der Waals surface area contributed by atoms with Crippen LogP contribution in [0.5, 0.6) is 0 Å². The second kappa shape index (κ2) is 8.85. The summed E-state index contributed by atoms with van der Waals surface area (Å²) in [5, 5.41) is 12.0. The number of benzene rings is 1. The number of likely N-dealkylation sites (tertiary alicyclic amines) is 1. The molecule has 0 spiro atoms. The van der Waals surface area contributed by atoms with Crippen LogP contribution >= 0.6 is 11.6 Å². The summed E-state index contributed by atoms with van der Waals surface area (Å²) in [5.41, 5.74) is 2.00. The van der Waals surface area contributed by atoms with Gasteiger partial charge in [-0.2, -0.15) is 0 Å². The van der Waals surface area contributed by atoms with Crippen LogP contribution in [0.1, 0.15) is 43.4 Å². The largest absolute Gasteiger partial charge is 0.350 e. The maximum Gasteiger partial charge on any atom is 0.273 e. The first-order valence-corrected chi connectivity index (χ1v) is 10.1. The minimum absolute atomic E-state index is 0.151. The molecule has 1 amide bonds. The lowest BCUT2D eigenvalue weighted by atomic mass is 10.1. The summed E-state index contributed by atoms with van der Waals surface area (Å²) in [5.74, 6) is 1.02. The highest BCUT2D eigenvalue weighted by Gasteiger charge is 2.25. The second-order valence-corrected chi connectivity index (χ2v) is 8.08. The number of carbonyl (C=O) groups is 1. The van der Waals surface area contributed by atoms with Gasteiger partial charge in [0.15, 0.2) is 5.69 Å². The summed E-state index contributed by atoms with van der Waals surface area (Å²) in [6.07, 6.45) is 1.79. The van der Waals surface area contributed by atoms with Crippen LogP contribution in [0.4, 0.5) is 0 Å². The van der Waals surface area contributed by atoms with Crippen molar-refractivity contribution in [2.75, 3.05) is 26.2 Å². The van der Waals surface area contributed by atoms with Gasteiger partial charge in [0.2, 0.25) is 0 Å². The molecule has 6 nitrogen and oxygen atoms in total. The summed E-state index contributed by atoms with van der Waals surface area (Å²) in [7, 11) is 0. The van der Waals surface area contributed by atoms with Crippen LogP contribution < -0.4 is 5.32 Å². The Bertz CT molecular complexity index is 788. The molecule has 0 bridgehead atoms. The van der Waals surface area contributed by atoms with E-state index in [0.29, 0.717) is 35.5 Å². The first kappa shape index (κ1) is 19.8. The van der Waals surface area contributed by atoms with E-state index in [2.05, 4.69) is 34.4 Å². The summed E-state index contributed by atoms with van der Waals surface area (Å²) in [4.78, 5) is 15.2. The average molecular weight is 390 g/mol. The molecule has 0 radical (unpaired) electrons. The maximum absolute atomic E-state index is 12.7. The SMILES string of the molecule is CCc1c(C(=O)NCC2CCN(CC(C)C)C2)nnn1-c1cccc(Cl)c1. The van der Waals surface area contributed by atoms with Crippen LogP contribution in [-0.2, 0) is 6.42 Å². The molecule has 1 atom stereocenters. The molecule has 2 heterocycles. The molecule has 0 saturated carbocycles.